The van der Waals surface area contributed by atoms with Gasteiger partial charge in [-0.15, -0.1) is 0 Å². The molecule has 0 spiro atoms. The summed E-state index contributed by atoms with van der Waals surface area (Å²) in [7, 11) is 3.78. The first-order valence-electron chi connectivity index (χ1n) is 6.04. The standard InChI is InChI=1S/C14H18N2O/c1-16-8-12(14(9-15)5-6-14)11-4-3-10(17-2)7-13(11)16/h3-4,7-8H,5-6,9,15H2,1-2H3. The molecule has 0 saturated heterocycles. The van der Waals surface area contributed by atoms with Gasteiger partial charge in [-0.1, -0.05) is 0 Å². The van der Waals surface area contributed by atoms with Crippen LogP contribution in [0.15, 0.2) is 24.4 Å². The molecule has 0 amide bonds. The smallest absolute Gasteiger partial charge is 0.120 e. The molecule has 3 rings (SSSR count). The van der Waals surface area contributed by atoms with E-state index in [1.807, 2.05) is 6.07 Å². The number of rotatable bonds is 3. The van der Waals surface area contributed by atoms with Crippen molar-refractivity contribution in [3.63, 3.8) is 0 Å². The number of hydrogen-bond acceptors (Lipinski definition) is 2. The molecule has 1 saturated carbocycles. The van der Waals surface area contributed by atoms with E-state index in [4.69, 9.17) is 10.5 Å². The monoisotopic (exact) mass is 230 g/mol. The third kappa shape index (κ3) is 1.46. The minimum absolute atomic E-state index is 0.244. The SMILES string of the molecule is COc1ccc2c(C3(CN)CC3)cn(C)c2c1. The lowest BCUT2D eigenvalue weighted by Gasteiger charge is -2.10. The van der Waals surface area contributed by atoms with Gasteiger partial charge in [-0.05, 0) is 30.5 Å². The zero-order chi connectivity index (χ0) is 12.0. The molecular weight excluding hydrogens is 212 g/mol. The molecule has 1 aromatic carbocycles. The highest BCUT2D eigenvalue weighted by Crippen LogP contribution is 2.50. The second-order valence-electron chi connectivity index (χ2n) is 5.02. The maximum atomic E-state index is 5.92. The Kier molecular flexibility index (Phi) is 2.20. The Morgan fingerprint density at radius 1 is 1.41 bits per heavy atom. The van der Waals surface area contributed by atoms with E-state index in [2.05, 4.69) is 29.9 Å². The van der Waals surface area contributed by atoms with Crippen LogP contribution in [0.3, 0.4) is 0 Å². The first-order chi connectivity index (χ1) is 8.20. The van der Waals surface area contributed by atoms with Gasteiger partial charge in [-0.2, -0.15) is 0 Å². The van der Waals surface area contributed by atoms with E-state index >= 15 is 0 Å². The lowest BCUT2D eigenvalue weighted by Crippen LogP contribution is -2.19. The Morgan fingerprint density at radius 3 is 2.76 bits per heavy atom. The average Bonchev–Trinajstić information content (AvgIpc) is 3.10. The third-order valence-electron chi connectivity index (χ3n) is 4.01. The molecule has 0 radical (unpaired) electrons. The van der Waals surface area contributed by atoms with E-state index in [0.717, 1.165) is 12.3 Å². The number of methoxy groups -OCH3 is 1. The summed E-state index contributed by atoms with van der Waals surface area (Å²) in [5.74, 6) is 0.905. The van der Waals surface area contributed by atoms with Crippen LogP contribution >= 0.6 is 0 Å². The van der Waals surface area contributed by atoms with Crippen molar-refractivity contribution < 1.29 is 4.74 Å². The summed E-state index contributed by atoms with van der Waals surface area (Å²) in [6.07, 6.45) is 4.66. The van der Waals surface area contributed by atoms with Crippen LogP contribution in [0.2, 0.25) is 0 Å². The number of ether oxygens (including phenoxy) is 1. The van der Waals surface area contributed by atoms with Gasteiger partial charge >= 0.3 is 0 Å². The van der Waals surface area contributed by atoms with Crippen molar-refractivity contribution >= 4 is 10.9 Å². The molecule has 0 unspecified atom stereocenters. The molecule has 3 nitrogen and oxygen atoms in total. The maximum Gasteiger partial charge on any atom is 0.120 e. The number of aryl methyl sites for hydroxylation is 1. The van der Waals surface area contributed by atoms with E-state index < -0.39 is 0 Å². The molecule has 1 aromatic heterocycles. The fourth-order valence-electron chi connectivity index (χ4n) is 2.65. The fraction of sp³-hybridized carbons (Fsp3) is 0.429. The van der Waals surface area contributed by atoms with Crippen molar-refractivity contribution in [3.8, 4) is 5.75 Å². The summed E-state index contributed by atoms with van der Waals surface area (Å²) in [6.45, 7) is 0.748. The predicted octanol–water partition coefficient (Wildman–Crippen LogP) is 2.18. The lowest BCUT2D eigenvalue weighted by molar-refractivity contribution is 0.415. The largest absolute Gasteiger partial charge is 0.497 e. The lowest BCUT2D eigenvalue weighted by atomic mass is 9.96. The molecule has 90 valence electrons. The van der Waals surface area contributed by atoms with E-state index in [0.29, 0.717) is 0 Å². The molecule has 1 fully saturated rings. The third-order valence-corrected chi connectivity index (χ3v) is 4.01. The molecule has 0 atom stereocenters. The normalized spacial score (nSPS) is 17.4. The average molecular weight is 230 g/mol. The van der Waals surface area contributed by atoms with Crippen molar-refractivity contribution in [1.82, 2.24) is 4.57 Å². The van der Waals surface area contributed by atoms with E-state index in [9.17, 15) is 0 Å². The summed E-state index contributed by atoms with van der Waals surface area (Å²) in [5, 5.41) is 1.32. The van der Waals surface area contributed by atoms with Crippen LogP contribution in [0.1, 0.15) is 18.4 Å². The van der Waals surface area contributed by atoms with Gasteiger partial charge in [0.2, 0.25) is 0 Å². The van der Waals surface area contributed by atoms with E-state index in [1.165, 1.54) is 29.3 Å². The van der Waals surface area contributed by atoms with Gasteiger partial charge in [0.1, 0.15) is 5.75 Å². The number of hydrogen-bond donors (Lipinski definition) is 1. The fourth-order valence-corrected chi connectivity index (χ4v) is 2.65. The van der Waals surface area contributed by atoms with E-state index in [1.54, 1.807) is 7.11 Å². The Labute approximate surface area is 101 Å². The van der Waals surface area contributed by atoms with Crippen molar-refractivity contribution in [2.45, 2.75) is 18.3 Å². The number of nitrogens with two attached hydrogens (primary N) is 1. The van der Waals surface area contributed by atoms with Crippen LogP contribution in [-0.4, -0.2) is 18.2 Å². The van der Waals surface area contributed by atoms with Crippen molar-refractivity contribution in [1.29, 1.82) is 0 Å². The Hall–Kier alpha value is -1.48. The van der Waals surface area contributed by atoms with Crippen molar-refractivity contribution in [2.75, 3.05) is 13.7 Å². The summed E-state index contributed by atoms with van der Waals surface area (Å²) in [4.78, 5) is 0. The van der Waals surface area contributed by atoms with E-state index in [-0.39, 0.29) is 5.41 Å². The zero-order valence-corrected chi connectivity index (χ0v) is 10.4. The zero-order valence-electron chi connectivity index (χ0n) is 10.4. The molecule has 2 N–H and O–H groups in total. The molecule has 0 aliphatic heterocycles. The minimum Gasteiger partial charge on any atom is -0.497 e. The van der Waals surface area contributed by atoms with Crippen LogP contribution < -0.4 is 10.5 Å². The Bertz CT molecular complexity index is 567. The van der Waals surface area contributed by atoms with Gasteiger partial charge in [0, 0.05) is 36.7 Å². The van der Waals surface area contributed by atoms with Gasteiger partial charge in [0.05, 0.1) is 12.6 Å². The van der Waals surface area contributed by atoms with Gasteiger partial charge in [0.25, 0.3) is 0 Å². The maximum absolute atomic E-state index is 5.92. The van der Waals surface area contributed by atoms with Gasteiger partial charge < -0.3 is 15.0 Å². The summed E-state index contributed by atoms with van der Waals surface area (Å²) >= 11 is 0. The molecule has 1 aliphatic rings. The van der Waals surface area contributed by atoms with Crippen molar-refractivity contribution in [2.24, 2.45) is 12.8 Å². The van der Waals surface area contributed by atoms with Gasteiger partial charge in [-0.25, -0.2) is 0 Å². The highest BCUT2D eigenvalue weighted by Gasteiger charge is 2.44. The van der Waals surface area contributed by atoms with Crippen LogP contribution in [0.4, 0.5) is 0 Å². The van der Waals surface area contributed by atoms with Crippen LogP contribution in [0.5, 0.6) is 5.75 Å². The molecule has 3 heteroatoms. The second kappa shape index (κ2) is 3.50. The van der Waals surface area contributed by atoms with Crippen LogP contribution in [0.25, 0.3) is 10.9 Å². The second-order valence-corrected chi connectivity index (χ2v) is 5.02. The topological polar surface area (TPSA) is 40.2 Å². The molecule has 1 aliphatic carbocycles. The number of aromatic nitrogens is 1. The molecule has 17 heavy (non-hydrogen) atoms. The summed E-state index contributed by atoms with van der Waals surface area (Å²) < 4.78 is 7.45. The summed E-state index contributed by atoms with van der Waals surface area (Å²) in [6, 6.07) is 6.27. The van der Waals surface area contributed by atoms with Crippen LogP contribution in [0, 0.1) is 0 Å². The summed E-state index contributed by atoms with van der Waals surface area (Å²) in [5.41, 5.74) is 8.79. The number of fused-ring (bicyclic) bond motifs is 1. The molecule has 2 aromatic rings. The number of benzene rings is 1. The first kappa shape index (κ1) is 10.7. The quantitative estimate of drug-likeness (QED) is 0.878. The van der Waals surface area contributed by atoms with Crippen molar-refractivity contribution in [3.05, 3.63) is 30.0 Å². The van der Waals surface area contributed by atoms with Crippen LogP contribution in [-0.2, 0) is 12.5 Å². The highest BCUT2D eigenvalue weighted by atomic mass is 16.5. The Morgan fingerprint density at radius 2 is 2.18 bits per heavy atom. The molecule has 1 heterocycles. The number of nitrogens with zero attached hydrogens (tertiary/aromatic N) is 1. The Balaban J connectivity index is 2.21. The van der Waals surface area contributed by atoms with Gasteiger partial charge in [-0.3, -0.25) is 0 Å². The molecular formula is C14H18N2O. The first-order valence-corrected chi connectivity index (χ1v) is 6.04. The minimum atomic E-state index is 0.244. The highest BCUT2D eigenvalue weighted by molar-refractivity contribution is 5.86. The molecule has 0 bridgehead atoms. The van der Waals surface area contributed by atoms with Gasteiger partial charge in [0.15, 0.2) is 0 Å². The predicted molar refractivity (Wildman–Crippen MR) is 69.4 cm³/mol.